The lowest BCUT2D eigenvalue weighted by Gasteiger charge is -2.67. The molecule has 4 fully saturated rings. The van der Waals surface area contributed by atoms with Crippen LogP contribution >= 0.6 is 0 Å². The Hall–Kier alpha value is -0.900. The van der Waals surface area contributed by atoms with Crippen molar-refractivity contribution in [3.8, 4) is 0 Å². The van der Waals surface area contributed by atoms with Gasteiger partial charge < -0.3 is 4.74 Å². The van der Waals surface area contributed by atoms with E-state index in [9.17, 15) is 9.59 Å². The summed E-state index contributed by atoms with van der Waals surface area (Å²) in [6, 6.07) is 0. The summed E-state index contributed by atoms with van der Waals surface area (Å²) < 4.78 is 5.70. The van der Waals surface area contributed by atoms with E-state index < -0.39 is 0 Å². The Morgan fingerprint density at radius 2 is 2.00 bits per heavy atom. The number of Topliss-reactive ketones (excluding diaryl/α,β-unsaturated/α-hetero) is 1. The van der Waals surface area contributed by atoms with Crippen LogP contribution in [0.2, 0.25) is 0 Å². The van der Waals surface area contributed by atoms with Crippen molar-refractivity contribution in [2.75, 3.05) is 13.1 Å². The number of nitrogens with zero attached hydrogens (tertiary/aromatic N) is 1. The second-order valence-electron chi connectivity index (χ2n) is 8.01. The van der Waals surface area contributed by atoms with Crippen LogP contribution in [0.25, 0.3) is 0 Å². The summed E-state index contributed by atoms with van der Waals surface area (Å²) in [6.07, 6.45) is 6.27. The third-order valence-corrected chi connectivity index (χ3v) is 6.97. The molecule has 0 aromatic carbocycles. The van der Waals surface area contributed by atoms with Crippen molar-refractivity contribution in [3.63, 3.8) is 0 Å². The fourth-order valence-electron chi connectivity index (χ4n) is 6.49. The molecule has 2 saturated carbocycles. The molecule has 2 aliphatic heterocycles. The molecule has 2 heterocycles. The van der Waals surface area contributed by atoms with Crippen LogP contribution in [0.15, 0.2) is 0 Å². The Bertz CT molecular complexity index is 503. The van der Waals surface area contributed by atoms with Gasteiger partial charge in [0.1, 0.15) is 11.9 Å². The van der Waals surface area contributed by atoms with E-state index >= 15 is 0 Å². The SMILES string of the molecule is CC(=O)O[C@@H]1[C@H]2CC(=O)[C@H]3CCCN4CCC[C@H]2[C@]34C[C@@H]1C. The number of hydrogen-bond acceptors (Lipinski definition) is 4. The van der Waals surface area contributed by atoms with Crippen LogP contribution in [0.3, 0.4) is 0 Å². The van der Waals surface area contributed by atoms with Crippen LogP contribution in [-0.4, -0.2) is 41.4 Å². The number of carbonyl (C=O) groups is 2. The van der Waals surface area contributed by atoms with E-state index in [2.05, 4.69) is 11.8 Å². The zero-order valence-corrected chi connectivity index (χ0v) is 13.7. The highest BCUT2D eigenvalue weighted by Gasteiger charge is 2.65. The van der Waals surface area contributed by atoms with Crippen LogP contribution in [0.5, 0.6) is 0 Å². The number of rotatable bonds is 1. The third kappa shape index (κ3) is 1.85. The predicted octanol–water partition coefficient (Wildman–Crippen LogP) is 2.41. The predicted molar refractivity (Wildman–Crippen MR) is 82.2 cm³/mol. The Kier molecular flexibility index (Phi) is 3.37. The molecule has 22 heavy (non-hydrogen) atoms. The fourth-order valence-corrected chi connectivity index (χ4v) is 6.49. The molecular formula is C18H27NO3. The number of hydrogen-bond donors (Lipinski definition) is 0. The summed E-state index contributed by atoms with van der Waals surface area (Å²) in [5.74, 6) is 1.64. The zero-order valence-electron chi connectivity index (χ0n) is 13.7. The molecule has 4 heteroatoms. The van der Waals surface area contributed by atoms with Gasteiger partial charge in [-0.1, -0.05) is 6.92 Å². The highest BCUT2D eigenvalue weighted by Crippen LogP contribution is 2.59. The Morgan fingerprint density at radius 1 is 1.27 bits per heavy atom. The molecule has 6 atom stereocenters. The van der Waals surface area contributed by atoms with E-state index in [1.165, 1.54) is 19.8 Å². The first-order valence-corrected chi connectivity index (χ1v) is 8.99. The summed E-state index contributed by atoms with van der Waals surface area (Å²) in [5.41, 5.74) is 0.0898. The van der Waals surface area contributed by atoms with Gasteiger partial charge in [0.2, 0.25) is 0 Å². The molecule has 0 radical (unpaired) electrons. The molecule has 2 bridgehead atoms. The highest BCUT2D eigenvalue weighted by atomic mass is 16.5. The molecule has 0 unspecified atom stereocenters. The quantitative estimate of drug-likeness (QED) is 0.698. The van der Waals surface area contributed by atoms with E-state index in [0.717, 1.165) is 32.4 Å². The van der Waals surface area contributed by atoms with E-state index in [1.54, 1.807) is 0 Å². The minimum atomic E-state index is -0.196. The van der Waals surface area contributed by atoms with Crippen LogP contribution in [-0.2, 0) is 14.3 Å². The first kappa shape index (κ1) is 14.7. The van der Waals surface area contributed by atoms with Crippen LogP contribution in [0.4, 0.5) is 0 Å². The largest absolute Gasteiger partial charge is 0.462 e. The number of piperidine rings is 2. The molecule has 4 aliphatic rings. The lowest BCUT2D eigenvalue weighted by atomic mass is 9.48. The standard InChI is InChI=1S/C18H27NO3/c1-11-10-18-14-5-3-7-19(18)8-4-6-15(18)16(21)9-13(14)17(11)22-12(2)20/h11,13-15,17H,3-10H2,1-2H3/t11-,13-,14+,15+,17-,18+/m0/s1. The Labute approximate surface area is 132 Å². The van der Waals surface area contributed by atoms with Crippen LogP contribution in [0.1, 0.15) is 52.4 Å². The topological polar surface area (TPSA) is 46.6 Å². The molecule has 2 saturated heterocycles. The zero-order chi connectivity index (χ0) is 15.5. The average Bonchev–Trinajstić information content (AvgIpc) is 2.47. The van der Waals surface area contributed by atoms with Crippen LogP contribution in [0, 0.1) is 23.7 Å². The first-order chi connectivity index (χ1) is 10.5. The summed E-state index contributed by atoms with van der Waals surface area (Å²) in [6.45, 7) is 6.02. The molecule has 0 aromatic rings. The van der Waals surface area contributed by atoms with Gasteiger partial charge in [-0.15, -0.1) is 0 Å². The Morgan fingerprint density at radius 3 is 2.73 bits per heavy atom. The molecule has 4 rings (SSSR count). The second-order valence-corrected chi connectivity index (χ2v) is 8.01. The lowest BCUT2D eigenvalue weighted by molar-refractivity contribution is -0.204. The van der Waals surface area contributed by atoms with E-state index in [1.807, 2.05) is 0 Å². The second kappa shape index (κ2) is 5.05. The van der Waals surface area contributed by atoms with E-state index in [4.69, 9.17) is 4.74 Å². The van der Waals surface area contributed by atoms with E-state index in [0.29, 0.717) is 24.0 Å². The normalized spacial score (nSPS) is 47.7. The van der Waals surface area contributed by atoms with Crippen molar-refractivity contribution in [1.82, 2.24) is 4.90 Å². The maximum absolute atomic E-state index is 12.8. The van der Waals surface area contributed by atoms with Crippen molar-refractivity contribution in [1.29, 1.82) is 0 Å². The molecule has 0 aromatic heterocycles. The van der Waals surface area contributed by atoms with Gasteiger partial charge in [0.15, 0.2) is 0 Å². The number of esters is 1. The monoisotopic (exact) mass is 305 g/mol. The number of ether oxygens (including phenoxy) is 1. The summed E-state index contributed by atoms with van der Waals surface area (Å²) >= 11 is 0. The molecule has 0 amide bonds. The van der Waals surface area contributed by atoms with E-state index in [-0.39, 0.29) is 29.4 Å². The molecular weight excluding hydrogens is 278 g/mol. The Balaban J connectivity index is 1.76. The third-order valence-electron chi connectivity index (χ3n) is 6.97. The first-order valence-electron chi connectivity index (χ1n) is 8.99. The summed E-state index contributed by atoms with van der Waals surface area (Å²) in [7, 11) is 0. The summed E-state index contributed by atoms with van der Waals surface area (Å²) in [4.78, 5) is 27.0. The lowest BCUT2D eigenvalue weighted by Crippen LogP contribution is -2.73. The van der Waals surface area contributed by atoms with Gasteiger partial charge in [-0.3, -0.25) is 14.5 Å². The minimum absolute atomic E-state index is 0.0556. The van der Waals surface area contributed by atoms with Crippen LogP contribution < -0.4 is 0 Å². The van der Waals surface area contributed by atoms with Crippen molar-refractivity contribution in [2.45, 2.75) is 64.0 Å². The van der Waals surface area contributed by atoms with Gasteiger partial charge in [0.25, 0.3) is 0 Å². The number of carbonyl (C=O) groups excluding carboxylic acids is 2. The molecule has 122 valence electrons. The van der Waals surface area contributed by atoms with Gasteiger partial charge in [0.05, 0.1) is 0 Å². The maximum Gasteiger partial charge on any atom is 0.302 e. The molecule has 0 N–H and O–H groups in total. The van der Waals surface area contributed by atoms with Gasteiger partial charge >= 0.3 is 5.97 Å². The maximum atomic E-state index is 12.8. The number of ketones is 1. The minimum Gasteiger partial charge on any atom is -0.462 e. The van der Waals surface area contributed by atoms with Crippen molar-refractivity contribution in [2.24, 2.45) is 23.7 Å². The average molecular weight is 305 g/mol. The van der Waals surface area contributed by atoms with Gasteiger partial charge in [0, 0.05) is 30.7 Å². The molecule has 2 aliphatic carbocycles. The van der Waals surface area contributed by atoms with Crippen molar-refractivity contribution in [3.05, 3.63) is 0 Å². The van der Waals surface area contributed by atoms with Crippen molar-refractivity contribution < 1.29 is 14.3 Å². The summed E-state index contributed by atoms with van der Waals surface area (Å²) in [5, 5.41) is 0. The smallest absolute Gasteiger partial charge is 0.302 e. The fraction of sp³-hybridized carbons (Fsp3) is 0.889. The van der Waals surface area contributed by atoms with Gasteiger partial charge in [-0.05, 0) is 57.0 Å². The highest BCUT2D eigenvalue weighted by molar-refractivity contribution is 5.84. The molecule has 4 nitrogen and oxygen atoms in total. The van der Waals surface area contributed by atoms with Gasteiger partial charge in [-0.25, -0.2) is 0 Å². The van der Waals surface area contributed by atoms with Gasteiger partial charge in [-0.2, -0.15) is 0 Å². The molecule has 1 spiro atoms. The van der Waals surface area contributed by atoms with Crippen molar-refractivity contribution >= 4 is 11.8 Å².